The summed E-state index contributed by atoms with van der Waals surface area (Å²) in [5.74, 6) is 0.739. The number of amides is 1. The van der Waals surface area contributed by atoms with Crippen molar-refractivity contribution in [1.82, 2.24) is 19.6 Å². The molecule has 1 atom stereocenters. The van der Waals surface area contributed by atoms with Gasteiger partial charge in [-0.1, -0.05) is 6.42 Å². The van der Waals surface area contributed by atoms with Crippen LogP contribution in [0.1, 0.15) is 49.5 Å². The second-order valence-electron chi connectivity index (χ2n) is 8.35. The summed E-state index contributed by atoms with van der Waals surface area (Å²) in [6.07, 6.45) is 8.02. The summed E-state index contributed by atoms with van der Waals surface area (Å²) in [4.78, 5) is 17.7. The van der Waals surface area contributed by atoms with Crippen molar-refractivity contribution < 1.29 is 9.53 Å². The first-order valence-electron chi connectivity index (χ1n) is 10.2. The standard InChI is InChI=1S/C20H32N4O2/c1-3-24-18(7-10-21-24)19(25)22-11-8-20(9-12-22)15-23(17-5-4-6-17)13-16(20)14-26-2/h7,10,16-17H,3-6,8-9,11-15H2,1-2H3. The van der Waals surface area contributed by atoms with E-state index in [1.807, 2.05) is 25.0 Å². The molecule has 1 aliphatic carbocycles. The summed E-state index contributed by atoms with van der Waals surface area (Å²) in [6.45, 7) is 7.68. The first kappa shape index (κ1) is 18.0. The van der Waals surface area contributed by atoms with Gasteiger partial charge in [0.15, 0.2) is 0 Å². The van der Waals surface area contributed by atoms with Crippen molar-refractivity contribution in [3.63, 3.8) is 0 Å². The maximum absolute atomic E-state index is 12.9. The molecule has 1 aromatic heterocycles. The monoisotopic (exact) mass is 360 g/mol. The third kappa shape index (κ3) is 3.07. The lowest BCUT2D eigenvalue weighted by atomic mass is 9.71. The molecule has 26 heavy (non-hydrogen) atoms. The van der Waals surface area contributed by atoms with Gasteiger partial charge in [0.25, 0.3) is 5.91 Å². The molecule has 144 valence electrons. The van der Waals surface area contributed by atoms with Crippen LogP contribution in [0.25, 0.3) is 0 Å². The van der Waals surface area contributed by atoms with E-state index >= 15 is 0 Å². The molecule has 6 nitrogen and oxygen atoms in total. The van der Waals surface area contributed by atoms with Crippen LogP contribution in [0.5, 0.6) is 0 Å². The van der Waals surface area contributed by atoms with E-state index in [0.29, 0.717) is 11.3 Å². The molecular formula is C20H32N4O2. The van der Waals surface area contributed by atoms with Crippen LogP contribution in [0.4, 0.5) is 0 Å². The van der Waals surface area contributed by atoms with Crippen molar-refractivity contribution in [3.05, 3.63) is 18.0 Å². The Morgan fingerprint density at radius 1 is 1.35 bits per heavy atom. The van der Waals surface area contributed by atoms with Crippen molar-refractivity contribution in [1.29, 1.82) is 0 Å². The molecule has 3 heterocycles. The highest BCUT2D eigenvalue weighted by Gasteiger charge is 2.50. The molecular weight excluding hydrogens is 328 g/mol. The summed E-state index contributed by atoms with van der Waals surface area (Å²) in [7, 11) is 1.82. The van der Waals surface area contributed by atoms with E-state index < -0.39 is 0 Å². The number of likely N-dealkylation sites (tertiary alicyclic amines) is 2. The Morgan fingerprint density at radius 3 is 2.73 bits per heavy atom. The fourth-order valence-electron chi connectivity index (χ4n) is 5.19. The first-order chi connectivity index (χ1) is 12.7. The number of aryl methyl sites for hydroxylation is 1. The smallest absolute Gasteiger partial charge is 0.272 e. The van der Waals surface area contributed by atoms with Gasteiger partial charge in [0.2, 0.25) is 0 Å². The van der Waals surface area contributed by atoms with Gasteiger partial charge in [-0.05, 0) is 44.1 Å². The number of carbonyl (C=O) groups excluding carboxylic acids is 1. The van der Waals surface area contributed by atoms with Crippen molar-refractivity contribution in [2.24, 2.45) is 11.3 Å². The summed E-state index contributed by atoms with van der Waals surface area (Å²) >= 11 is 0. The second-order valence-corrected chi connectivity index (χ2v) is 8.35. The molecule has 1 aromatic rings. The van der Waals surface area contributed by atoms with Crippen LogP contribution in [0, 0.1) is 11.3 Å². The summed E-state index contributed by atoms with van der Waals surface area (Å²) in [5.41, 5.74) is 1.05. The van der Waals surface area contributed by atoms with E-state index in [4.69, 9.17) is 4.74 Å². The molecule has 6 heteroatoms. The van der Waals surface area contributed by atoms with E-state index in [-0.39, 0.29) is 5.91 Å². The minimum atomic E-state index is 0.135. The average Bonchev–Trinajstić information content (AvgIpc) is 3.20. The minimum Gasteiger partial charge on any atom is -0.384 e. The molecule has 1 unspecified atom stereocenters. The van der Waals surface area contributed by atoms with Crippen LogP contribution in [0.15, 0.2) is 12.3 Å². The van der Waals surface area contributed by atoms with E-state index in [1.54, 1.807) is 10.9 Å². The topological polar surface area (TPSA) is 50.6 Å². The Kier molecular flexibility index (Phi) is 5.06. The fraction of sp³-hybridized carbons (Fsp3) is 0.800. The number of carbonyl (C=O) groups is 1. The van der Waals surface area contributed by atoms with E-state index in [0.717, 1.165) is 50.8 Å². The highest BCUT2D eigenvalue weighted by Crippen LogP contribution is 2.47. The lowest BCUT2D eigenvalue weighted by Gasteiger charge is -2.43. The molecule has 1 amide bonds. The number of rotatable bonds is 5. The van der Waals surface area contributed by atoms with E-state index in [1.165, 1.54) is 32.4 Å². The molecule has 3 aliphatic rings. The second kappa shape index (κ2) is 7.31. The Balaban J connectivity index is 1.43. The van der Waals surface area contributed by atoms with Crippen molar-refractivity contribution >= 4 is 5.91 Å². The lowest BCUT2D eigenvalue weighted by Crippen LogP contribution is -2.48. The first-order valence-corrected chi connectivity index (χ1v) is 10.2. The van der Waals surface area contributed by atoms with E-state index in [9.17, 15) is 4.79 Å². The molecule has 4 rings (SSSR count). The van der Waals surface area contributed by atoms with Gasteiger partial charge in [-0.3, -0.25) is 14.4 Å². The van der Waals surface area contributed by atoms with Crippen LogP contribution in [0.3, 0.4) is 0 Å². The Hall–Kier alpha value is -1.40. The molecule has 2 saturated heterocycles. The van der Waals surface area contributed by atoms with Crippen molar-refractivity contribution in [2.45, 2.75) is 51.6 Å². The van der Waals surface area contributed by atoms with Gasteiger partial charge < -0.3 is 9.64 Å². The Labute approximate surface area is 156 Å². The fourth-order valence-corrected chi connectivity index (χ4v) is 5.19. The molecule has 0 radical (unpaired) electrons. The van der Waals surface area contributed by atoms with Crippen LogP contribution in [0.2, 0.25) is 0 Å². The average molecular weight is 361 g/mol. The van der Waals surface area contributed by atoms with Crippen LogP contribution < -0.4 is 0 Å². The van der Waals surface area contributed by atoms with Gasteiger partial charge in [-0.25, -0.2) is 0 Å². The van der Waals surface area contributed by atoms with Gasteiger partial charge in [0, 0.05) is 58.0 Å². The number of nitrogens with zero attached hydrogens (tertiary/aromatic N) is 4. The zero-order valence-electron chi connectivity index (χ0n) is 16.2. The predicted molar refractivity (Wildman–Crippen MR) is 100 cm³/mol. The maximum atomic E-state index is 12.9. The largest absolute Gasteiger partial charge is 0.384 e. The maximum Gasteiger partial charge on any atom is 0.272 e. The Morgan fingerprint density at radius 2 is 2.12 bits per heavy atom. The number of methoxy groups -OCH3 is 1. The molecule has 1 spiro atoms. The quantitative estimate of drug-likeness (QED) is 0.808. The summed E-state index contributed by atoms with van der Waals surface area (Å²) in [5, 5.41) is 4.25. The molecule has 3 fully saturated rings. The molecule has 0 N–H and O–H groups in total. The third-order valence-corrected chi connectivity index (χ3v) is 7.08. The summed E-state index contributed by atoms with van der Waals surface area (Å²) in [6, 6.07) is 2.64. The number of piperidine rings is 1. The van der Waals surface area contributed by atoms with Gasteiger partial charge in [-0.2, -0.15) is 5.10 Å². The zero-order valence-corrected chi connectivity index (χ0v) is 16.2. The highest BCUT2D eigenvalue weighted by atomic mass is 16.5. The van der Waals surface area contributed by atoms with Crippen molar-refractivity contribution in [2.75, 3.05) is 39.9 Å². The molecule has 2 aliphatic heterocycles. The number of hydrogen-bond acceptors (Lipinski definition) is 4. The SMILES string of the molecule is CCn1nccc1C(=O)N1CCC2(CC1)CN(C1CCC1)CC2COC. The normalized spacial score (nSPS) is 26.4. The number of hydrogen-bond donors (Lipinski definition) is 0. The van der Waals surface area contributed by atoms with Gasteiger partial charge in [0.1, 0.15) is 5.69 Å². The molecule has 1 saturated carbocycles. The van der Waals surface area contributed by atoms with Gasteiger partial charge in [-0.15, -0.1) is 0 Å². The third-order valence-electron chi connectivity index (χ3n) is 7.08. The van der Waals surface area contributed by atoms with Crippen LogP contribution in [-0.4, -0.2) is 71.4 Å². The predicted octanol–water partition coefficient (Wildman–Crippen LogP) is 2.26. The highest BCUT2D eigenvalue weighted by molar-refractivity contribution is 5.92. The van der Waals surface area contributed by atoms with Crippen LogP contribution >= 0.6 is 0 Å². The molecule has 0 bridgehead atoms. The van der Waals surface area contributed by atoms with Crippen LogP contribution in [-0.2, 0) is 11.3 Å². The van der Waals surface area contributed by atoms with Gasteiger partial charge in [0.05, 0.1) is 6.61 Å². The summed E-state index contributed by atoms with van der Waals surface area (Å²) < 4.78 is 7.38. The lowest BCUT2D eigenvalue weighted by molar-refractivity contribution is 0.0306. The van der Waals surface area contributed by atoms with Crippen molar-refractivity contribution in [3.8, 4) is 0 Å². The zero-order chi connectivity index (χ0) is 18.1. The number of ether oxygens (including phenoxy) is 1. The number of aromatic nitrogens is 2. The Bertz CT molecular complexity index is 632. The van der Waals surface area contributed by atoms with Gasteiger partial charge >= 0.3 is 0 Å². The molecule has 0 aromatic carbocycles. The minimum absolute atomic E-state index is 0.135. The van der Waals surface area contributed by atoms with E-state index in [2.05, 4.69) is 10.00 Å².